The molecular formula is C17H28N2O3S. The molecule has 23 heavy (non-hydrogen) atoms. The number of thioether (sulfide) groups is 1. The molecule has 2 heterocycles. The van der Waals surface area contributed by atoms with E-state index < -0.39 is 0 Å². The third-order valence-electron chi connectivity index (χ3n) is 5.38. The number of hydrogen-bond acceptors (Lipinski definition) is 4. The van der Waals surface area contributed by atoms with Crippen LogP contribution in [-0.4, -0.2) is 72.0 Å². The van der Waals surface area contributed by atoms with Crippen LogP contribution in [0.15, 0.2) is 0 Å². The second kappa shape index (κ2) is 8.38. The fourth-order valence-corrected chi connectivity index (χ4v) is 4.95. The van der Waals surface area contributed by atoms with Crippen LogP contribution in [0.2, 0.25) is 0 Å². The molecule has 0 spiro atoms. The van der Waals surface area contributed by atoms with E-state index in [9.17, 15) is 9.59 Å². The van der Waals surface area contributed by atoms with Gasteiger partial charge in [-0.15, -0.1) is 11.8 Å². The number of hydrogen-bond donors (Lipinski definition) is 0. The summed E-state index contributed by atoms with van der Waals surface area (Å²) in [6, 6.07) is 0.473. The van der Waals surface area contributed by atoms with E-state index in [1.165, 1.54) is 43.9 Å². The van der Waals surface area contributed by atoms with Gasteiger partial charge in [0.25, 0.3) is 0 Å². The fraction of sp³-hybridized carbons (Fsp3) is 0.882. The normalized spacial score (nSPS) is 28.3. The molecule has 0 aromatic carbocycles. The highest BCUT2D eigenvalue weighted by atomic mass is 32.2. The van der Waals surface area contributed by atoms with Crippen LogP contribution in [-0.2, 0) is 14.3 Å². The van der Waals surface area contributed by atoms with Crippen molar-refractivity contribution in [2.24, 2.45) is 5.92 Å². The van der Waals surface area contributed by atoms with E-state index in [1.54, 1.807) is 0 Å². The standard InChI is InChI=1S/C17H28N2O3S/c20-16(18-8-10-22-11-9-18)12-23-13-17(21)19-7-3-5-14-4-1-2-6-15(14)19/h14-15H,1-13H2/t14-,15-/m1/s1. The summed E-state index contributed by atoms with van der Waals surface area (Å²) in [4.78, 5) is 28.7. The Bertz CT molecular complexity index is 424. The van der Waals surface area contributed by atoms with E-state index in [0.29, 0.717) is 43.9 Å². The van der Waals surface area contributed by atoms with Gasteiger partial charge >= 0.3 is 0 Å². The molecule has 3 rings (SSSR count). The first-order chi connectivity index (χ1) is 11.3. The Morgan fingerprint density at radius 1 is 0.913 bits per heavy atom. The minimum atomic E-state index is 0.139. The van der Waals surface area contributed by atoms with Crippen molar-refractivity contribution >= 4 is 23.6 Å². The molecule has 2 aliphatic heterocycles. The second-order valence-corrected chi connectivity index (χ2v) is 7.81. The van der Waals surface area contributed by atoms with E-state index in [1.807, 2.05) is 4.90 Å². The van der Waals surface area contributed by atoms with Gasteiger partial charge in [0.1, 0.15) is 0 Å². The number of piperidine rings is 1. The van der Waals surface area contributed by atoms with Crippen molar-refractivity contribution in [1.82, 2.24) is 9.80 Å². The number of carbonyl (C=O) groups is 2. The SMILES string of the molecule is O=C(CSCC(=O)N1CCC[C@H]2CCCC[C@H]21)N1CCOCC1. The second-order valence-electron chi connectivity index (χ2n) is 6.83. The molecule has 1 saturated carbocycles. The number of morpholine rings is 1. The largest absolute Gasteiger partial charge is 0.378 e. The molecule has 3 aliphatic rings. The van der Waals surface area contributed by atoms with Crippen molar-refractivity contribution in [3.8, 4) is 0 Å². The lowest BCUT2D eigenvalue weighted by Crippen LogP contribution is -2.50. The lowest BCUT2D eigenvalue weighted by atomic mass is 9.78. The van der Waals surface area contributed by atoms with Crippen molar-refractivity contribution in [3.05, 3.63) is 0 Å². The van der Waals surface area contributed by atoms with Crippen LogP contribution in [0.4, 0.5) is 0 Å². The highest BCUT2D eigenvalue weighted by Gasteiger charge is 2.35. The quantitative estimate of drug-likeness (QED) is 0.782. The topological polar surface area (TPSA) is 49.9 Å². The third-order valence-corrected chi connectivity index (χ3v) is 6.28. The molecule has 2 amide bonds. The number of likely N-dealkylation sites (tertiary alicyclic amines) is 1. The van der Waals surface area contributed by atoms with Crippen LogP contribution < -0.4 is 0 Å². The van der Waals surface area contributed by atoms with Gasteiger partial charge in [-0.2, -0.15) is 0 Å². The van der Waals surface area contributed by atoms with E-state index in [-0.39, 0.29) is 11.8 Å². The maximum atomic E-state index is 12.6. The Hall–Kier alpha value is -0.750. The summed E-state index contributed by atoms with van der Waals surface area (Å²) in [5, 5.41) is 0. The van der Waals surface area contributed by atoms with Gasteiger partial charge in [-0.25, -0.2) is 0 Å². The lowest BCUT2D eigenvalue weighted by Gasteiger charge is -2.44. The van der Waals surface area contributed by atoms with Crippen LogP contribution in [0, 0.1) is 5.92 Å². The van der Waals surface area contributed by atoms with Crippen molar-refractivity contribution < 1.29 is 14.3 Å². The summed E-state index contributed by atoms with van der Waals surface area (Å²) < 4.78 is 5.26. The summed E-state index contributed by atoms with van der Waals surface area (Å²) in [5.41, 5.74) is 0. The van der Waals surface area contributed by atoms with Crippen LogP contribution in [0.3, 0.4) is 0 Å². The van der Waals surface area contributed by atoms with Gasteiger partial charge in [-0.1, -0.05) is 12.8 Å². The van der Waals surface area contributed by atoms with Crippen molar-refractivity contribution in [1.29, 1.82) is 0 Å². The van der Waals surface area contributed by atoms with Crippen molar-refractivity contribution in [3.63, 3.8) is 0 Å². The molecule has 0 aromatic heterocycles. The number of ether oxygens (including phenoxy) is 1. The molecule has 5 nitrogen and oxygen atoms in total. The Kier molecular flexibility index (Phi) is 6.22. The van der Waals surface area contributed by atoms with Crippen molar-refractivity contribution in [2.45, 2.75) is 44.6 Å². The Labute approximate surface area is 143 Å². The molecule has 0 N–H and O–H groups in total. The molecule has 0 aromatic rings. The van der Waals surface area contributed by atoms with Gasteiger partial charge in [0.2, 0.25) is 11.8 Å². The smallest absolute Gasteiger partial charge is 0.232 e. The summed E-state index contributed by atoms with van der Waals surface area (Å²) in [5.74, 6) is 1.95. The number of amides is 2. The molecule has 0 unspecified atom stereocenters. The van der Waals surface area contributed by atoms with E-state index in [0.717, 1.165) is 18.9 Å². The third kappa shape index (κ3) is 4.41. The van der Waals surface area contributed by atoms with Gasteiger partial charge in [-0.3, -0.25) is 9.59 Å². The van der Waals surface area contributed by atoms with Gasteiger partial charge in [0.15, 0.2) is 0 Å². The molecular weight excluding hydrogens is 312 g/mol. The molecule has 1 aliphatic carbocycles. The molecule has 0 radical (unpaired) electrons. The molecule has 0 bridgehead atoms. The predicted molar refractivity (Wildman–Crippen MR) is 91.4 cm³/mol. The van der Waals surface area contributed by atoms with Gasteiger partial charge in [0.05, 0.1) is 24.7 Å². The zero-order valence-electron chi connectivity index (χ0n) is 13.9. The monoisotopic (exact) mass is 340 g/mol. The molecule has 3 fully saturated rings. The zero-order valence-corrected chi connectivity index (χ0v) is 14.7. The lowest BCUT2D eigenvalue weighted by molar-refractivity contribution is -0.134. The number of carbonyl (C=O) groups excluding carboxylic acids is 2. The van der Waals surface area contributed by atoms with Crippen LogP contribution in [0.1, 0.15) is 38.5 Å². The van der Waals surface area contributed by atoms with Crippen LogP contribution in [0.25, 0.3) is 0 Å². The average molecular weight is 340 g/mol. The summed E-state index contributed by atoms with van der Waals surface area (Å²) in [6.45, 7) is 3.54. The summed E-state index contributed by atoms with van der Waals surface area (Å²) in [6.07, 6.45) is 7.48. The van der Waals surface area contributed by atoms with Gasteiger partial charge in [-0.05, 0) is 31.6 Å². The van der Waals surface area contributed by atoms with Crippen LogP contribution in [0.5, 0.6) is 0 Å². The first-order valence-electron chi connectivity index (χ1n) is 8.98. The zero-order chi connectivity index (χ0) is 16.1. The van der Waals surface area contributed by atoms with Gasteiger partial charge in [0, 0.05) is 25.7 Å². The average Bonchev–Trinajstić information content (AvgIpc) is 2.61. The highest BCUT2D eigenvalue weighted by Crippen LogP contribution is 2.35. The molecule has 2 saturated heterocycles. The Morgan fingerprint density at radius 3 is 2.43 bits per heavy atom. The minimum absolute atomic E-state index is 0.139. The Morgan fingerprint density at radius 2 is 1.61 bits per heavy atom. The first-order valence-corrected chi connectivity index (χ1v) is 10.1. The minimum Gasteiger partial charge on any atom is -0.378 e. The van der Waals surface area contributed by atoms with Crippen molar-refractivity contribution in [2.75, 3.05) is 44.4 Å². The van der Waals surface area contributed by atoms with E-state index in [4.69, 9.17) is 4.74 Å². The van der Waals surface area contributed by atoms with E-state index >= 15 is 0 Å². The number of nitrogens with zero attached hydrogens (tertiary/aromatic N) is 2. The van der Waals surface area contributed by atoms with E-state index in [2.05, 4.69) is 4.90 Å². The maximum Gasteiger partial charge on any atom is 0.232 e. The molecule has 6 heteroatoms. The number of fused-ring (bicyclic) bond motifs is 1. The first kappa shape index (κ1) is 17.1. The van der Waals surface area contributed by atoms with Gasteiger partial charge < -0.3 is 14.5 Å². The highest BCUT2D eigenvalue weighted by molar-refractivity contribution is 8.00. The predicted octanol–water partition coefficient (Wildman–Crippen LogP) is 1.76. The molecule has 2 atom stereocenters. The Balaban J connectivity index is 1.42. The fourth-order valence-electron chi connectivity index (χ4n) is 4.15. The summed E-state index contributed by atoms with van der Waals surface area (Å²) >= 11 is 1.47. The molecule has 130 valence electrons. The van der Waals surface area contributed by atoms with Crippen LogP contribution >= 0.6 is 11.8 Å². The number of rotatable bonds is 4. The maximum absolute atomic E-state index is 12.6. The summed E-state index contributed by atoms with van der Waals surface area (Å²) in [7, 11) is 0.